The summed E-state index contributed by atoms with van der Waals surface area (Å²) in [6.07, 6.45) is 3.55. The van der Waals surface area contributed by atoms with Crippen LogP contribution in [0.15, 0.2) is 59.1 Å². The highest BCUT2D eigenvalue weighted by molar-refractivity contribution is 5.78. The van der Waals surface area contributed by atoms with Crippen molar-refractivity contribution in [2.45, 2.75) is 12.8 Å². The van der Waals surface area contributed by atoms with Crippen LogP contribution in [0.2, 0.25) is 0 Å². The van der Waals surface area contributed by atoms with Crippen LogP contribution in [0, 0.1) is 5.82 Å². The molecule has 0 saturated carbocycles. The minimum absolute atomic E-state index is 0.00231. The number of aromatic nitrogens is 3. The lowest BCUT2D eigenvalue weighted by molar-refractivity contribution is -0.132. The maximum Gasteiger partial charge on any atom is 0.325 e. The number of ether oxygens (including phenoxy) is 2. The van der Waals surface area contributed by atoms with Crippen LogP contribution in [-0.2, 0) is 4.79 Å². The normalized spacial score (nSPS) is 13.5. The molecule has 4 aromatic rings. The van der Waals surface area contributed by atoms with Gasteiger partial charge in [0.1, 0.15) is 11.3 Å². The summed E-state index contributed by atoms with van der Waals surface area (Å²) >= 11 is 0. The number of hydrogen-bond donors (Lipinski definition) is 0. The first-order chi connectivity index (χ1) is 15.7. The molecule has 0 aliphatic carbocycles. The van der Waals surface area contributed by atoms with Crippen LogP contribution in [0.3, 0.4) is 0 Å². The van der Waals surface area contributed by atoms with Gasteiger partial charge in [0, 0.05) is 18.7 Å². The van der Waals surface area contributed by atoms with Gasteiger partial charge in [-0.15, -0.1) is 0 Å². The fraction of sp³-hybridized carbons (Fsp3) is 0.217. The highest BCUT2D eigenvalue weighted by Gasteiger charge is 2.18. The Bertz CT molecular complexity index is 1250. The molecule has 3 heterocycles. The van der Waals surface area contributed by atoms with E-state index in [4.69, 9.17) is 13.9 Å². The molecule has 8 nitrogen and oxygen atoms in total. The van der Waals surface area contributed by atoms with E-state index < -0.39 is 5.82 Å². The van der Waals surface area contributed by atoms with Crippen molar-refractivity contribution >= 4 is 17.1 Å². The van der Waals surface area contributed by atoms with Gasteiger partial charge in [0.05, 0.1) is 6.20 Å². The number of fused-ring (bicyclic) bond motifs is 1. The van der Waals surface area contributed by atoms with Gasteiger partial charge in [-0.25, -0.2) is 14.4 Å². The SMILES string of the molecule is O=C(COc1ccc(-c2nc3cnc(Oc4ccccc4F)nc3o2)cc1)N1CCCC1. The predicted octanol–water partition coefficient (Wildman–Crippen LogP) is 4.22. The Hall–Kier alpha value is -4.01. The van der Waals surface area contributed by atoms with Crippen LogP contribution in [-0.4, -0.2) is 45.5 Å². The molecule has 2 aromatic carbocycles. The molecule has 0 radical (unpaired) electrons. The molecule has 0 atom stereocenters. The molecule has 162 valence electrons. The Labute approximate surface area is 182 Å². The van der Waals surface area contributed by atoms with E-state index in [1.54, 1.807) is 36.4 Å². The highest BCUT2D eigenvalue weighted by Crippen LogP contribution is 2.27. The second-order valence-corrected chi connectivity index (χ2v) is 7.30. The molecule has 0 unspecified atom stereocenters. The van der Waals surface area contributed by atoms with Gasteiger partial charge in [0.2, 0.25) is 5.89 Å². The smallest absolute Gasteiger partial charge is 0.325 e. The summed E-state index contributed by atoms with van der Waals surface area (Å²) < 4.78 is 30.5. The molecular formula is C23H19FN4O4. The number of benzene rings is 2. The molecule has 9 heteroatoms. The standard InChI is InChI=1S/C23H19FN4O4/c24-17-5-1-2-6-19(17)31-23-25-13-18-22(27-23)32-21(26-18)15-7-9-16(10-8-15)30-14-20(29)28-11-3-4-12-28/h1-2,5-10,13H,3-4,11-12,14H2. The van der Waals surface area contributed by atoms with Crippen LogP contribution in [0.4, 0.5) is 4.39 Å². The van der Waals surface area contributed by atoms with E-state index in [9.17, 15) is 9.18 Å². The van der Waals surface area contributed by atoms with Crippen molar-refractivity contribution in [2.24, 2.45) is 0 Å². The number of para-hydroxylation sites is 1. The van der Waals surface area contributed by atoms with E-state index in [1.807, 2.05) is 4.90 Å². The van der Waals surface area contributed by atoms with Gasteiger partial charge in [0.15, 0.2) is 18.2 Å². The zero-order valence-electron chi connectivity index (χ0n) is 17.0. The Morgan fingerprint density at radius 2 is 1.84 bits per heavy atom. The fourth-order valence-electron chi connectivity index (χ4n) is 3.42. The van der Waals surface area contributed by atoms with E-state index in [0.29, 0.717) is 22.7 Å². The lowest BCUT2D eigenvalue weighted by atomic mass is 10.2. The molecule has 2 aromatic heterocycles. The van der Waals surface area contributed by atoms with Crippen molar-refractivity contribution in [3.8, 4) is 29.0 Å². The first-order valence-corrected chi connectivity index (χ1v) is 10.2. The van der Waals surface area contributed by atoms with Gasteiger partial charge in [-0.05, 0) is 49.2 Å². The van der Waals surface area contributed by atoms with Crippen LogP contribution in [0.1, 0.15) is 12.8 Å². The largest absolute Gasteiger partial charge is 0.484 e. The van der Waals surface area contributed by atoms with Crippen molar-refractivity contribution in [2.75, 3.05) is 19.7 Å². The number of nitrogens with zero attached hydrogens (tertiary/aromatic N) is 4. The molecule has 1 aliphatic heterocycles. The number of halogens is 1. The number of carbonyl (C=O) groups is 1. The van der Waals surface area contributed by atoms with E-state index >= 15 is 0 Å². The van der Waals surface area contributed by atoms with Crippen LogP contribution in [0.25, 0.3) is 22.7 Å². The third kappa shape index (κ3) is 4.22. The number of likely N-dealkylation sites (tertiary alicyclic amines) is 1. The Balaban J connectivity index is 1.28. The van der Waals surface area contributed by atoms with Gasteiger partial charge in [0.25, 0.3) is 11.6 Å². The molecule has 0 bridgehead atoms. The second-order valence-electron chi connectivity index (χ2n) is 7.30. The number of oxazole rings is 1. The predicted molar refractivity (Wildman–Crippen MR) is 113 cm³/mol. The monoisotopic (exact) mass is 434 g/mol. The van der Waals surface area contributed by atoms with Gasteiger partial charge in [-0.3, -0.25) is 4.79 Å². The van der Waals surface area contributed by atoms with E-state index in [-0.39, 0.29) is 30.0 Å². The number of amides is 1. The van der Waals surface area contributed by atoms with Crippen molar-refractivity contribution < 1.29 is 23.1 Å². The summed E-state index contributed by atoms with van der Waals surface area (Å²) in [4.78, 5) is 26.5. The summed E-state index contributed by atoms with van der Waals surface area (Å²) in [5, 5.41) is 0. The van der Waals surface area contributed by atoms with E-state index in [0.717, 1.165) is 25.9 Å². The molecule has 1 saturated heterocycles. The maximum absolute atomic E-state index is 13.8. The third-order valence-electron chi connectivity index (χ3n) is 5.09. The molecular weight excluding hydrogens is 415 g/mol. The van der Waals surface area contributed by atoms with Crippen LogP contribution >= 0.6 is 0 Å². The summed E-state index contributed by atoms with van der Waals surface area (Å²) in [5.74, 6) is 0.427. The van der Waals surface area contributed by atoms with Gasteiger partial charge < -0.3 is 18.8 Å². The molecule has 5 rings (SSSR count). The minimum Gasteiger partial charge on any atom is -0.484 e. The topological polar surface area (TPSA) is 90.6 Å². The zero-order valence-corrected chi connectivity index (χ0v) is 17.0. The van der Waals surface area contributed by atoms with Crippen LogP contribution < -0.4 is 9.47 Å². The first-order valence-electron chi connectivity index (χ1n) is 10.2. The zero-order chi connectivity index (χ0) is 21.9. The molecule has 0 N–H and O–H groups in total. The molecule has 32 heavy (non-hydrogen) atoms. The second kappa shape index (κ2) is 8.62. The fourth-order valence-corrected chi connectivity index (χ4v) is 3.42. The van der Waals surface area contributed by atoms with Crippen molar-refractivity contribution in [3.63, 3.8) is 0 Å². The summed E-state index contributed by atoms with van der Waals surface area (Å²) in [7, 11) is 0. The average molecular weight is 434 g/mol. The van der Waals surface area contributed by atoms with Gasteiger partial charge >= 0.3 is 6.01 Å². The van der Waals surface area contributed by atoms with Gasteiger partial charge in [-0.1, -0.05) is 12.1 Å². The van der Waals surface area contributed by atoms with Crippen LogP contribution in [0.5, 0.6) is 17.5 Å². The van der Waals surface area contributed by atoms with Gasteiger partial charge in [-0.2, -0.15) is 4.98 Å². The minimum atomic E-state index is -0.515. The maximum atomic E-state index is 13.8. The lowest BCUT2D eigenvalue weighted by Crippen LogP contribution is -2.32. The number of hydrogen-bond acceptors (Lipinski definition) is 7. The van der Waals surface area contributed by atoms with E-state index in [1.165, 1.54) is 18.3 Å². The molecule has 0 spiro atoms. The summed E-state index contributed by atoms with van der Waals surface area (Å²) in [6.45, 7) is 1.62. The summed E-state index contributed by atoms with van der Waals surface area (Å²) in [5.41, 5.74) is 1.37. The first kappa shape index (κ1) is 19.9. The Morgan fingerprint density at radius 3 is 2.62 bits per heavy atom. The highest BCUT2D eigenvalue weighted by atomic mass is 19.1. The third-order valence-corrected chi connectivity index (χ3v) is 5.09. The Kier molecular flexibility index (Phi) is 5.37. The molecule has 1 fully saturated rings. The molecule has 1 aliphatic rings. The lowest BCUT2D eigenvalue weighted by Gasteiger charge is -2.15. The van der Waals surface area contributed by atoms with Crippen molar-refractivity contribution in [3.05, 3.63) is 60.5 Å². The number of rotatable bonds is 6. The Morgan fingerprint density at radius 1 is 1.06 bits per heavy atom. The average Bonchev–Trinajstić information content (AvgIpc) is 3.49. The molecule has 1 amide bonds. The quantitative estimate of drug-likeness (QED) is 0.449. The van der Waals surface area contributed by atoms with Crippen molar-refractivity contribution in [1.29, 1.82) is 0 Å². The number of carbonyl (C=O) groups excluding carboxylic acids is 1. The summed E-state index contributed by atoms with van der Waals surface area (Å²) in [6, 6.07) is 13.0. The van der Waals surface area contributed by atoms with E-state index in [2.05, 4.69) is 15.0 Å². The van der Waals surface area contributed by atoms with Crippen molar-refractivity contribution in [1.82, 2.24) is 19.9 Å².